The molecule has 0 saturated heterocycles. The molecule has 3 amide bonds. The van der Waals surface area contributed by atoms with Crippen molar-refractivity contribution in [2.45, 2.75) is 26.3 Å². The minimum absolute atomic E-state index is 0.0584. The van der Waals surface area contributed by atoms with E-state index in [0.29, 0.717) is 29.5 Å². The first-order chi connectivity index (χ1) is 17.3. The van der Waals surface area contributed by atoms with Crippen LogP contribution in [-0.2, 0) is 11.2 Å². The van der Waals surface area contributed by atoms with Crippen LogP contribution in [0.25, 0.3) is 0 Å². The zero-order valence-corrected chi connectivity index (χ0v) is 21.8. The summed E-state index contributed by atoms with van der Waals surface area (Å²) in [5.41, 5.74) is 1.63. The average molecular weight is 530 g/mol. The fraction of sp³-hybridized carbons (Fsp3) is 0.333. The molecule has 0 unspecified atom stereocenters. The van der Waals surface area contributed by atoms with Crippen molar-refractivity contribution in [1.29, 1.82) is 0 Å². The number of urea groups is 1. The number of anilines is 1. The third kappa shape index (κ3) is 6.56. The molecule has 0 fully saturated rings. The van der Waals surface area contributed by atoms with Crippen LogP contribution in [0.5, 0.6) is 5.75 Å². The quantitative estimate of drug-likeness (QED) is 0.376. The van der Waals surface area contributed by atoms with Crippen molar-refractivity contribution in [1.82, 2.24) is 9.80 Å². The molecule has 0 bridgehead atoms. The molecule has 2 heterocycles. The summed E-state index contributed by atoms with van der Waals surface area (Å²) in [5.74, 6) is 0.221. The van der Waals surface area contributed by atoms with Crippen molar-refractivity contribution in [3.63, 3.8) is 0 Å². The van der Waals surface area contributed by atoms with Gasteiger partial charge in [-0.25, -0.2) is 9.18 Å². The Labute approximate surface area is 219 Å². The number of benzene rings is 2. The Hall–Kier alpha value is -3.10. The number of fused-ring (bicyclic) bond motifs is 1. The van der Waals surface area contributed by atoms with E-state index in [4.69, 9.17) is 16.3 Å². The molecule has 1 aliphatic rings. The van der Waals surface area contributed by atoms with E-state index in [9.17, 15) is 14.0 Å². The maximum Gasteiger partial charge on any atom is 0.322 e. The number of thiophene rings is 1. The lowest BCUT2D eigenvalue weighted by Crippen LogP contribution is -2.49. The molecular weight excluding hydrogens is 501 g/mol. The lowest BCUT2D eigenvalue weighted by Gasteiger charge is -2.37. The number of hydrogen-bond acceptors (Lipinski definition) is 4. The van der Waals surface area contributed by atoms with Gasteiger partial charge in [-0.3, -0.25) is 4.79 Å². The fourth-order valence-electron chi connectivity index (χ4n) is 4.26. The molecular formula is C27H29ClFN3O3S. The number of hydrogen-bond donors (Lipinski definition) is 1. The van der Waals surface area contributed by atoms with Crippen molar-refractivity contribution in [3.05, 3.63) is 81.3 Å². The second-order valence-corrected chi connectivity index (χ2v) is 10.6. The molecule has 36 heavy (non-hydrogen) atoms. The summed E-state index contributed by atoms with van der Waals surface area (Å²) < 4.78 is 19.2. The van der Waals surface area contributed by atoms with Crippen LogP contribution in [0.1, 0.15) is 30.3 Å². The molecule has 4 rings (SSSR count). The fourth-order valence-corrected chi connectivity index (χ4v) is 5.38. The maximum absolute atomic E-state index is 13.6. The van der Waals surface area contributed by atoms with Gasteiger partial charge in [0.15, 0.2) is 0 Å². The number of nitrogens with one attached hydrogen (secondary N) is 1. The molecule has 0 aliphatic carbocycles. The smallest absolute Gasteiger partial charge is 0.322 e. The highest BCUT2D eigenvalue weighted by Crippen LogP contribution is 2.34. The second-order valence-electron chi connectivity index (χ2n) is 9.13. The standard InChI is InChI=1S/C27H29ClFN3O3S/c1-18(2)15-31(27(34)30-21-5-3-4-19(28)14-21)16-26(33)32-12-10-25-23(11-13-36-25)24(32)17-35-22-8-6-20(29)7-9-22/h3-9,11,13-14,18,24H,10,12,15-17H2,1-2H3,(H,30,34)/t24-/m0/s1. The third-order valence-corrected chi connectivity index (χ3v) is 7.14. The zero-order valence-electron chi connectivity index (χ0n) is 20.2. The first kappa shape index (κ1) is 26.0. The highest BCUT2D eigenvalue weighted by molar-refractivity contribution is 7.10. The predicted molar refractivity (Wildman–Crippen MR) is 141 cm³/mol. The van der Waals surface area contributed by atoms with Crippen LogP contribution in [0.2, 0.25) is 5.02 Å². The van der Waals surface area contributed by atoms with Crippen LogP contribution < -0.4 is 10.1 Å². The van der Waals surface area contributed by atoms with Gasteiger partial charge in [0.05, 0.1) is 6.04 Å². The first-order valence-corrected chi connectivity index (χ1v) is 13.1. The largest absolute Gasteiger partial charge is 0.491 e. The molecule has 0 spiro atoms. The van der Waals surface area contributed by atoms with Crippen LogP contribution >= 0.6 is 22.9 Å². The van der Waals surface area contributed by atoms with Crippen molar-refractivity contribution >= 4 is 40.6 Å². The molecule has 0 radical (unpaired) electrons. The van der Waals surface area contributed by atoms with E-state index in [0.717, 1.165) is 12.0 Å². The summed E-state index contributed by atoms with van der Waals surface area (Å²) in [6, 6.07) is 14.1. The van der Waals surface area contributed by atoms with Crippen LogP contribution in [0.15, 0.2) is 60.0 Å². The van der Waals surface area contributed by atoms with Gasteiger partial charge in [0.25, 0.3) is 0 Å². The number of amides is 3. The Bertz CT molecular complexity index is 1200. The van der Waals surface area contributed by atoms with Gasteiger partial charge in [0.1, 0.15) is 24.7 Å². The summed E-state index contributed by atoms with van der Waals surface area (Å²) in [5, 5.41) is 5.39. The number of nitrogens with zero attached hydrogens (tertiary/aromatic N) is 2. The molecule has 2 aromatic carbocycles. The Balaban J connectivity index is 1.49. The number of carbonyl (C=O) groups is 2. The molecule has 0 saturated carbocycles. The van der Waals surface area contributed by atoms with Crippen molar-refractivity contribution in [2.75, 3.05) is 31.6 Å². The molecule has 1 aromatic heterocycles. The van der Waals surface area contributed by atoms with Crippen LogP contribution in [0.3, 0.4) is 0 Å². The molecule has 1 aliphatic heterocycles. The van der Waals surface area contributed by atoms with Gasteiger partial charge < -0.3 is 19.9 Å². The summed E-state index contributed by atoms with van der Waals surface area (Å²) in [6.45, 7) is 5.14. The van der Waals surface area contributed by atoms with Crippen molar-refractivity contribution in [3.8, 4) is 5.75 Å². The molecule has 6 nitrogen and oxygen atoms in total. The van der Waals surface area contributed by atoms with E-state index in [-0.39, 0.29) is 42.9 Å². The molecule has 3 aromatic rings. The molecule has 1 N–H and O–H groups in total. The van der Waals surface area contributed by atoms with E-state index >= 15 is 0 Å². The summed E-state index contributed by atoms with van der Waals surface area (Å²) in [6.07, 6.45) is 0.755. The minimum atomic E-state index is -0.355. The summed E-state index contributed by atoms with van der Waals surface area (Å²) in [4.78, 5) is 31.2. The minimum Gasteiger partial charge on any atom is -0.491 e. The maximum atomic E-state index is 13.6. The number of rotatable bonds is 8. The molecule has 1 atom stereocenters. The van der Waals surface area contributed by atoms with E-state index in [1.165, 1.54) is 21.9 Å². The van der Waals surface area contributed by atoms with Crippen LogP contribution in [-0.4, -0.2) is 48.0 Å². The lowest BCUT2D eigenvalue weighted by atomic mass is 10.0. The van der Waals surface area contributed by atoms with Gasteiger partial charge in [0.2, 0.25) is 5.91 Å². The Kier molecular flexibility index (Phi) is 8.48. The van der Waals surface area contributed by atoms with Gasteiger partial charge in [-0.05, 0) is 71.8 Å². The predicted octanol–water partition coefficient (Wildman–Crippen LogP) is 6.24. The highest BCUT2D eigenvalue weighted by Gasteiger charge is 2.33. The topological polar surface area (TPSA) is 61.9 Å². The first-order valence-electron chi connectivity index (χ1n) is 11.9. The van der Waals surface area contributed by atoms with E-state index in [2.05, 4.69) is 5.32 Å². The summed E-state index contributed by atoms with van der Waals surface area (Å²) in [7, 11) is 0. The third-order valence-electron chi connectivity index (χ3n) is 5.91. The van der Waals surface area contributed by atoms with Crippen molar-refractivity contribution in [2.24, 2.45) is 5.92 Å². The van der Waals surface area contributed by atoms with Crippen molar-refractivity contribution < 1.29 is 18.7 Å². The van der Waals surface area contributed by atoms with Gasteiger partial charge in [-0.1, -0.05) is 31.5 Å². The Morgan fingerprint density at radius 2 is 2.00 bits per heavy atom. The number of halogens is 2. The number of ether oxygens (including phenoxy) is 1. The molecule has 190 valence electrons. The monoisotopic (exact) mass is 529 g/mol. The van der Waals surface area contributed by atoms with Crippen LogP contribution in [0, 0.1) is 11.7 Å². The van der Waals surface area contributed by atoms with E-state index < -0.39 is 0 Å². The Morgan fingerprint density at radius 1 is 1.22 bits per heavy atom. The van der Waals surface area contributed by atoms with E-state index in [1.54, 1.807) is 52.6 Å². The highest BCUT2D eigenvalue weighted by atomic mass is 35.5. The zero-order chi connectivity index (χ0) is 25.7. The van der Waals surface area contributed by atoms with Crippen LogP contribution in [0.4, 0.5) is 14.9 Å². The Morgan fingerprint density at radius 3 is 2.72 bits per heavy atom. The number of carbonyl (C=O) groups excluding carboxylic acids is 2. The van der Waals surface area contributed by atoms with E-state index in [1.807, 2.05) is 25.3 Å². The lowest BCUT2D eigenvalue weighted by molar-refractivity contribution is -0.135. The van der Waals surface area contributed by atoms with Gasteiger partial charge >= 0.3 is 6.03 Å². The molecule has 9 heteroatoms. The SMILES string of the molecule is CC(C)CN(CC(=O)N1CCc2sccc2[C@@H]1COc1ccc(F)cc1)C(=O)Nc1cccc(Cl)c1. The summed E-state index contributed by atoms with van der Waals surface area (Å²) >= 11 is 7.72. The van der Waals surface area contributed by atoms with Gasteiger partial charge in [0, 0.05) is 28.7 Å². The average Bonchev–Trinajstić information content (AvgIpc) is 3.32. The van der Waals surface area contributed by atoms with Gasteiger partial charge in [-0.15, -0.1) is 11.3 Å². The van der Waals surface area contributed by atoms with Gasteiger partial charge in [-0.2, -0.15) is 0 Å². The normalized spacial score (nSPS) is 14.9. The second kappa shape index (κ2) is 11.8.